The van der Waals surface area contributed by atoms with Gasteiger partial charge in [-0.25, -0.2) is 4.40 Å². The summed E-state index contributed by atoms with van der Waals surface area (Å²) in [4.78, 5) is 0. The summed E-state index contributed by atoms with van der Waals surface area (Å²) in [5.74, 6) is 1.26. The van der Waals surface area contributed by atoms with Crippen molar-refractivity contribution in [3.05, 3.63) is 107 Å². The molecule has 3 aromatic carbocycles. The molecule has 0 spiro atoms. The first-order chi connectivity index (χ1) is 16.1. The number of halogens is 1. The maximum Gasteiger partial charge on any atom is 0.243 e. The zero-order chi connectivity index (χ0) is 22.5. The van der Waals surface area contributed by atoms with Crippen LogP contribution in [-0.4, -0.2) is 23.7 Å². The maximum atomic E-state index is 9.17. The number of fused-ring (bicyclic) bond motifs is 3. The molecule has 7 heteroatoms. The van der Waals surface area contributed by atoms with Gasteiger partial charge in [-0.15, -0.1) is 10.2 Å². The Bertz CT molecular complexity index is 1680. The van der Waals surface area contributed by atoms with E-state index in [1.54, 1.807) is 0 Å². The van der Waals surface area contributed by atoms with E-state index in [1.165, 1.54) is 0 Å². The molecule has 0 unspecified atom stereocenters. The molecule has 0 aliphatic carbocycles. The Balaban J connectivity index is 1.83. The number of rotatable bonds is 3. The van der Waals surface area contributed by atoms with E-state index in [-0.39, 0.29) is 0 Å². The second-order valence-corrected chi connectivity index (χ2v) is 8.34. The molecule has 1 N–H and O–H groups in total. The van der Waals surface area contributed by atoms with Gasteiger partial charge in [-0.05, 0) is 61.0 Å². The van der Waals surface area contributed by atoms with Gasteiger partial charge in [0.05, 0.1) is 11.1 Å². The van der Waals surface area contributed by atoms with E-state index >= 15 is 0 Å². The molecule has 6 nitrogen and oxygen atoms in total. The SMILES string of the molecule is Cc1cn(-c2ccccc2)c2c1c(=N)n(-c1ccccc1)c1nnc(-c3ccc(Cl)cc3)n21. The lowest BCUT2D eigenvalue weighted by Gasteiger charge is -2.14. The van der Waals surface area contributed by atoms with E-state index in [9.17, 15) is 0 Å². The molecule has 0 radical (unpaired) electrons. The number of benzene rings is 3. The third-order valence-electron chi connectivity index (χ3n) is 5.84. The summed E-state index contributed by atoms with van der Waals surface area (Å²) in [5, 5.41) is 19.8. The number of nitrogens with zero attached hydrogens (tertiary/aromatic N) is 5. The summed E-state index contributed by atoms with van der Waals surface area (Å²) in [6.07, 6.45) is 2.07. The quantitative estimate of drug-likeness (QED) is 0.383. The van der Waals surface area contributed by atoms with Crippen LogP contribution in [0.4, 0.5) is 0 Å². The van der Waals surface area contributed by atoms with Crippen LogP contribution in [-0.2, 0) is 0 Å². The molecule has 6 aromatic rings. The van der Waals surface area contributed by atoms with Crippen molar-refractivity contribution in [2.45, 2.75) is 6.92 Å². The Morgan fingerprint density at radius 2 is 1.42 bits per heavy atom. The normalized spacial score (nSPS) is 11.5. The van der Waals surface area contributed by atoms with Gasteiger partial charge in [0.1, 0.15) is 11.1 Å². The fourth-order valence-corrected chi connectivity index (χ4v) is 4.47. The predicted molar refractivity (Wildman–Crippen MR) is 130 cm³/mol. The van der Waals surface area contributed by atoms with Gasteiger partial charge in [-0.3, -0.25) is 9.98 Å². The van der Waals surface area contributed by atoms with Crippen molar-refractivity contribution in [1.82, 2.24) is 23.7 Å². The van der Waals surface area contributed by atoms with Crippen molar-refractivity contribution >= 4 is 28.4 Å². The van der Waals surface area contributed by atoms with Gasteiger partial charge in [-0.2, -0.15) is 0 Å². The average molecular weight is 451 g/mol. The van der Waals surface area contributed by atoms with Crippen molar-refractivity contribution in [3.63, 3.8) is 0 Å². The van der Waals surface area contributed by atoms with E-state index in [1.807, 2.05) is 88.7 Å². The third kappa shape index (κ3) is 2.99. The summed E-state index contributed by atoms with van der Waals surface area (Å²) in [6.45, 7) is 2.04. The van der Waals surface area contributed by atoms with Gasteiger partial charge in [0.25, 0.3) is 0 Å². The topological polar surface area (TPSA) is 63.9 Å². The molecule has 0 fully saturated rings. The van der Waals surface area contributed by atoms with Crippen LogP contribution in [0.2, 0.25) is 5.02 Å². The molecule has 0 saturated heterocycles. The minimum Gasteiger partial charge on any atom is -0.302 e. The van der Waals surface area contributed by atoms with E-state index < -0.39 is 0 Å². The number of para-hydroxylation sites is 2. The minimum absolute atomic E-state index is 0.367. The predicted octanol–water partition coefficient (Wildman–Crippen LogP) is 5.57. The summed E-state index contributed by atoms with van der Waals surface area (Å²) in [5.41, 5.74) is 4.97. The maximum absolute atomic E-state index is 9.17. The van der Waals surface area contributed by atoms with Crippen LogP contribution in [0.3, 0.4) is 0 Å². The monoisotopic (exact) mass is 450 g/mol. The molecule has 0 aliphatic rings. The molecule has 3 aromatic heterocycles. The lowest BCUT2D eigenvalue weighted by atomic mass is 10.2. The first-order valence-electron chi connectivity index (χ1n) is 10.6. The van der Waals surface area contributed by atoms with Gasteiger partial charge in [0, 0.05) is 22.5 Å². The lowest BCUT2D eigenvalue weighted by molar-refractivity contribution is 0.911. The Morgan fingerprint density at radius 1 is 0.788 bits per heavy atom. The molecule has 6 rings (SSSR count). The molecular formula is C26H19ClN6. The van der Waals surface area contributed by atoms with Crippen LogP contribution in [0, 0.1) is 12.3 Å². The van der Waals surface area contributed by atoms with E-state index in [4.69, 9.17) is 17.0 Å². The largest absolute Gasteiger partial charge is 0.302 e. The summed E-state index contributed by atoms with van der Waals surface area (Å²) < 4.78 is 5.98. The van der Waals surface area contributed by atoms with Gasteiger partial charge in [0.2, 0.25) is 5.78 Å². The highest BCUT2D eigenvalue weighted by Gasteiger charge is 2.22. The van der Waals surface area contributed by atoms with Crippen LogP contribution in [0.1, 0.15) is 5.56 Å². The molecule has 0 amide bonds. The molecular weight excluding hydrogens is 432 g/mol. The summed E-state index contributed by atoms with van der Waals surface area (Å²) >= 11 is 6.15. The molecule has 0 atom stereocenters. The number of aromatic nitrogens is 5. The first-order valence-corrected chi connectivity index (χ1v) is 10.9. The molecule has 33 heavy (non-hydrogen) atoms. The van der Waals surface area contributed by atoms with Gasteiger partial charge < -0.3 is 4.57 Å². The van der Waals surface area contributed by atoms with Crippen LogP contribution in [0.25, 0.3) is 39.6 Å². The van der Waals surface area contributed by atoms with Gasteiger partial charge >= 0.3 is 0 Å². The number of nitrogens with one attached hydrogen (secondary N) is 1. The van der Waals surface area contributed by atoms with Crippen LogP contribution in [0.15, 0.2) is 91.1 Å². The molecule has 3 heterocycles. The van der Waals surface area contributed by atoms with Crippen molar-refractivity contribution in [1.29, 1.82) is 5.41 Å². The zero-order valence-electron chi connectivity index (χ0n) is 17.8. The molecule has 160 valence electrons. The fraction of sp³-hybridized carbons (Fsp3) is 0.0385. The van der Waals surface area contributed by atoms with Crippen LogP contribution >= 0.6 is 11.6 Å². The second-order valence-electron chi connectivity index (χ2n) is 7.90. The summed E-state index contributed by atoms with van der Waals surface area (Å²) in [7, 11) is 0. The van der Waals surface area contributed by atoms with Crippen LogP contribution < -0.4 is 5.49 Å². The lowest BCUT2D eigenvalue weighted by Crippen LogP contribution is -2.22. The number of hydrogen-bond acceptors (Lipinski definition) is 3. The highest BCUT2D eigenvalue weighted by atomic mass is 35.5. The fourth-order valence-electron chi connectivity index (χ4n) is 4.35. The Labute approximate surface area is 194 Å². The molecule has 0 bridgehead atoms. The smallest absolute Gasteiger partial charge is 0.243 e. The summed E-state index contributed by atoms with van der Waals surface area (Å²) in [6, 6.07) is 27.5. The van der Waals surface area contributed by atoms with Crippen molar-refractivity contribution < 1.29 is 0 Å². The Morgan fingerprint density at radius 3 is 2.09 bits per heavy atom. The molecule has 0 saturated carbocycles. The first kappa shape index (κ1) is 19.5. The van der Waals surface area contributed by atoms with E-state index in [0.29, 0.717) is 22.1 Å². The number of hydrogen-bond donors (Lipinski definition) is 1. The van der Waals surface area contributed by atoms with Gasteiger partial charge in [-0.1, -0.05) is 48.0 Å². The molecule has 0 aliphatic heterocycles. The highest BCUT2D eigenvalue weighted by Crippen LogP contribution is 2.28. The Kier molecular flexibility index (Phi) is 4.41. The highest BCUT2D eigenvalue weighted by molar-refractivity contribution is 6.30. The standard InChI is InChI=1S/C26H19ClN6/c1-17-16-31(20-8-4-2-5-9-20)25-22(17)23(28)32(21-10-6-3-7-11-21)26-30-29-24(33(25)26)18-12-14-19(27)15-13-18/h2-16,28H,1H3. The third-order valence-corrected chi connectivity index (χ3v) is 6.09. The average Bonchev–Trinajstić information content (AvgIpc) is 3.42. The van der Waals surface area contributed by atoms with E-state index in [2.05, 4.69) is 33.1 Å². The Hall–Kier alpha value is -4.16. The van der Waals surface area contributed by atoms with Crippen molar-refractivity contribution in [2.24, 2.45) is 0 Å². The second kappa shape index (κ2) is 7.46. The van der Waals surface area contributed by atoms with Crippen molar-refractivity contribution in [2.75, 3.05) is 0 Å². The van der Waals surface area contributed by atoms with Crippen LogP contribution in [0.5, 0.6) is 0 Å². The van der Waals surface area contributed by atoms with E-state index in [0.717, 1.165) is 33.5 Å². The minimum atomic E-state index is 0.367. The number of aryl methyl sites for hydroxylation is 1. The van der Waals surface area contributed by atoms with Crippen molar-refractivity contribution in [3.8, 4) is 22.8 Å². The zero-order valence-corrected chi connectivity index (χ0v) is 18.5. The van der Waals surface area contributed by atoms with Gasteiger partial charge in [0.15, 0.2) is 5.82 Å².